The average Bonchev–Trinajstić information content (AvgIpc) is 2.87. The molecule has 0 amide bonds. The van der Waals surface area contributed by atoms with Crippen molar-refractivity contribution < 1.29 is 28.4 Å². The van der Waals surface area contributed by atoms with Crippen molar-refractivity contribution in [2.24, 2.45) is 0 Å². The van der Waals surface area contributed by atoms with Crippen LogP contribution in [0.4, 0.5) is 22.7 Å². The molecule has 2 aromatic rings. The average molecular weight is 505 g/mol. The normalized spacial score (nSPS) is 15.3. The molecule has 2 aromatic carbocycles. The SMILES string of the molecule is CNc1cc2c(cc1NC)OCCOCCOc1cc(N(C)C)c(N(C)C)cc1OCCOCCO2. The zero-order valence-corrected chi connectivity index (χ0v) is 22.3. The number of benzene rings is 2. The zero-order chi connectivity index (χ0) is 25.9. The minimum absolute atomic E-state index is 0.381. The molecule has 1 aliphatic heterocycles. The second-order valence-corrected chi connectivity index (χ2v) is 8.54. The molecule has 1 aliphatic rings. The van der Waals surface area contributed by atoms with E-state index < -0.39 is 0 Å². The lowest BCUT2D eigenvalue weighted by molar-refractivity contribution is 0.0641. The third-order valence-corrected chi connectivity index (χ3v) is 5.57. The second kappa shape index (κ2) is 13.7. The van der Waals surface area contributed by atoms with Crippen molar-refractivity contribution in [2.75, 3.05) is 116 Å². The molecule has 10 nitrogen and oxygen atoms in total. The van der Waals surface area contributed by atoms with Crippen LogP contribution >= 0.6 is 0 Å². The highest BCUT2D eigenvalue weighted by Gasteiger charge is 2.16. The van der Waals surface area contributed by atoms with E-state index in [0.29, 0.717) is 75.9 Å². The topological polar surface area (TPSA) is 85.9 Å². The molecule has 200 valence electrons. The van der Waals surface area contributed by atoms with Crippen LogP contribution < -0.4 is 39.4 Å². The highest BCUT2D eigenvalue weighted by Crippen LogP contribution is 2.39. The molecule has 10 heteroatoms. The van der Waals surface area contributed by atoms with Gasteiger partial charge in [0.2, 0.25) is 0 Å². The highest BCUT2D eigenvalue weighted by atomic mass is 16.6. The van der Waals surface area contributed by atoms with Crippen molar-refractivity contribution in [3.63, 3.8) is 0 Å². The Morgan fingerprint density at radius 1 is 0.500 bits per heavy atom. The predicted octanol–water partition coefficient (Wildman–Crippen LogP) is 3.16. The van der Waals surface area contributed by atoms with Gasteiger partial charge in [-0.05, 0) is 0 Å². The van der Waals surface area contributed by atoms with Gasteiger partial charge >= 0.3 is 0 Å². The summed E-state index contributed by atoms with van der Waals surface area (Å²) in [7, 11) is 11.8. The lowest BCUT2D eigenvalue weighted by Crippen LogP contribution is -2.18. The van der Waals surface area contributed by atoms with Crippen molar-refractivity contribution in [1.29, 1.82) is 0 Å². The smallest absolute Gasteiger partial charge is 0.163 e. The lowest BCUT2D eigenvalue weighted by Gasteiger charge is -2.25. The molecule has 0 fully saturated rings. The van der Waals surface area contributed by atoms with Crippen molar-refractivity contribution in [1.82, 2.24) is 0 Å². The molecule has 36 heavy (non-hydrogen) atoms. The number of nitrogens with one attached hydrogen (secondary N) is 2. The summed E-state index contributed by atoms with van der Waals surface area (Å²) in [5.41, 5.74) is 3.90. The van der Waals surface area contributed by atoms with Crippen LogP contribution in [-0.2, 0) is 9.47 Å². The fraction of sp³-hybridized carbons (Fsp3) is 0.538. The number of fused-ring (bicyclic) bond motifs is 2. The van der Waals surface area contributed by atoms with E-state index >= 15 is 0 Å². The molecule has 2 N–H and O–H groups in total. The summed E-state index contributed by atoms with van der Waals surface area (Å²) in [6.07, 6.45) is 0. The molecular formula is C26H40N4O6. The Kier molecular flexibility index (Phi) is 10.4. The summed E-state index contributed by atoms with van der Waals surface area (Å²) in [5.74, 6) is 2.62. The van der Waals surface area contributed by atoms with Crippen LogP contribution in [0.3, 0.4) is 0 Å². The van der Waals surface area contributed by atoms with Gasteiger partial charge in [0, 0.05) is 66.6 Å². The van der Waals surface area contributed by atoms with Crippen LogP contribution in [0.1, 0.15) is 0 Å². The first-order valence-electron chi connectivity index (χ1n) is 12.2. The Hall–Kier alpha value is -3.24. The fourth-order valence-electron chi connectivity index (χ4n) is 3.73. The van der Waals surface area contributed by atoms with Crippen LogP contribution in [0.25, 0.3) is 0 Å². The fourth-order valence-corrected chi connectivity index (χ4v) is 3.73. The maximum absolute atomic E-state index is 6.06. The van der Waals surface area contributed by atoms with Crippen LogP contribution in [-0.4, -0.2) is 95.1 Å². The Balaban J connectivity index is 1.72. The van der Waals surface area contributed by atoms with Gasteiger partial charge in [0.15, 0.2) is 23.0 Å². The summed E-state index contributed by atoms with van der Waals surface area (Å²) < 4.78 is 35.6. The standard InChI is InChI=1S/C26H40N4O6/c1-27-19-15-23-24(16-20(19)28-2)34-12-8-32-10-14-36-26-18-22(30(5)6)21(29(3)4)17-25(26)35-13-9-31-7-11-33-23/h15-18,27-28H,7-14H2,1-6H3. The third kappa shape index (κ3) is 7.38. The monoisotopic (exact) mass is 504 g/mol. The quantitative estimate of drug-likeness (QED) is 0.648. The van der Waals surface area contributed by atoms with Gasteiger partial charge in [0.25, 0.3) is 0 Å². The maximum Gasteiger partial charge on any atom is 0.163 e. The number of hydrogen-bond acceptors (Lipinski definition) is 10. The van der Waals surface area contributed by atoms with E-state index in [1.54, 1.807) is 0 Å². The molecule has 0 unspecified atom stereocenters. The van der Waals surface area contributed by atoms with Crippen LogP contribution in [0.2, 0.25) is 0 Å². The minimum atomic E-state index is 0.381. The molecule has 0 atom stereocenters. The number of anilines is 4. The van der Waals surface area contributed by atoms with Gasteiger partial charge in [-0.2, -0.15) is 0 Å². The first-order valence-corrected chi connectivity index (χ1v) is 12.2. The van der Waals surface area contributed by atoms with Gasteiger partial charge < -0.3 is 48.9 Å². The van der Waals surface area contributed by atoms with Gasteiger partial charge in [-0.1, -0.05) is 0 Å². The van der Waals surface area contributed by atoms with Crippen molar-refractivity contribution in [3.8, 4) is 23.0 Å². The van der Waals surface area contributed by atoms with Crippen LogP contribution in [0.15, 0.2) is 24.3 Å². The summed E-state index contributed by atoms with van der Waals surface area (Å²) in [5, 5.41) is 6.34. The van der Waals surface area contributed by atoms with Crippen molar-refractivity contribution in [2.45, 2.75) is 0 Å². The summed E-state index contributed by atoms with van der Waals surface area (Å²) in [6.45, 7) is 3.20. The van der Waals surface area contributed by atoms with Crippen LogP contribution in [0, 0.1) is 0 Å². The van der Waals surface area contributed by atoms with E-state index in [2.05, 4.69) is 20.4 Å². The van der Waals surface area contributed by atoms with E-state index in [1.165, 1.54) is 0 Å². The van der Waals surface area contributed by atoms with E-state index in [-0.39, 0.29) is 0 Å². The first-order chi connectivity index (χ1) is 17.4. The number of ether oxygens (including phenoxy) is 6. The largest absolute Gasteiger partial charge is 0.487 e. The number of hydrogen-bond donors (Lipinski definition) is 2. The van der Waals surface area contributed by atoms with Crippen LogP contribution in [0.5, 0.6) is 23.0 Å². The van der Waals surface area contributed by atoms with Crippen molar-refractivity contribution in [3.05, 3.63) is 24.3 Å². The number of rotatable bonds is 4. The summed E-state index contributed by atoms with van der Waals surface area (Å²) in [6, 6.07) is 7.82. The Labute approximate surface area is 214 Å². The highest BCUT2D eigenvalue weighted by molar-refractivity contribution is 5.76. The van der Waals surface area contributed by atoms with Crippen molar-refractivity contribution >= 4 is 22.7 Å². The molecule has 3 rings (SSSR count). The summed E-state index contributed by atoms with van der Waals surface area (Å²) in [4.78, 5) is 4.11. The van der Waals surface area contributed by atoms with E-state index in [0.717, 1.165) is 22.7 Å². The van der Waals surface area contributed by atoms with Gasteiger partial charge in [-0.25, -0.2) is 0 Å². The molecule has 0 radical (unpaired) electrons. The second-order valence-electron chi connectivity index (χ2n) is 8.54. The molecule has 0 saturated heterocycles. The minimum Gasteiger partial charge on any atom is -0.487 e. The molecule has 0 saturated carbocycles. The first kappa shape index (κ1) is 27.3. The molecule has 0 bridgehead atoms. The van der Waals surface area contributed by atoms with E-state index in [4.69, 9.17) is 28.4 Å². The van der Waals surface area contributed by atoms with Gasteiger partial charge in [-0.15, -0.1) is 0 Å². The Bertz CT molecular complexity index is 894. The molecule has 1 heterocycles. The maximum atomic E-state index is 6.06. The third-order valence-electron chi connectivity index (χ3n) is 5.57. The number of nitrogens with zero attached hydrogens (tertiary/aromatic N) is 2. The van der Waals surface area contributed by atoms with Gasteiger partial charge in [-0.3, -0.25) is 0 Å². The molecule has 0 spiro atoms. The molecule has 0 aromatic heterocycles. The van der Waals surface area contributed by atoms with E-state index in [1.807, 2.05) is 66.6 Å². The zero-order valence-electron chi connectivity index (χ0n) is 22.3. The van der Waals surface area contributed by atoms with Gasteiger partial charge in [0.1, 0.15) is 26.4 Å². The van der Waals surface area contributed by atoms with Gasteiger partial charge in [0.05, 0.1) is 49.2 Å². The Morgan fingerprint density at radius 3 is 1.08 bits per heavy atom. The molecular weight excluding hydrogens is 464 g/mol. The van der Waals surface area contributed by atoms with E-state index in [9.17, 15) is 0 Å². The molecule has 0 aliphatic carbocycles. The Morgan fingerprint density at radius 2 is 0.806 bits per heavy atom. The lowest BCUT2D eigenvalue weighted by atomic mass is 10.2. The summed E-state index contributed by atoms with van der Waals surface area (Å²) >= 11 is 0. The predicted molar refractivity (Wildman–Crippen MR) is 144 cm³/mol.